The summed E-state index contributed by atoms with van der Waals surface area (Å²) in [5.41, 5.74) is 0. The third-order valence-electron chi connectivity index (χ3n) is 1.86. The Morgan fingerprint density at radius 3 is 2.62 bits per heavy atom. The molecule has 1 atom stereocenters. The number of amides is 1. The van der Waals surface area contributed by atoms with Crippen LogP contribution in [0.25, 0.3) is 0 Å². The highest BCUT2D eigenvalue weighted by atomic mass is 16.4. The highest BCUT2D eigenvalue weighted by Crippen LogP contribution is 2.06. The number of carbonyl (C=O) groups is 3. The molecule has 0 aliphatic heterocycles. The second kappa shape index (κ2) is 5.11. The van der Waals surface area contributed by atoms with Crippen LogP contribution in [0.5, 0.6) is 0 Å². The van der Waals surface area contributed by atoms with Crippen LogP contribution < -0.4 is 5.32 Å². The van der Waals surface area contributed by atoms with Crippen LogP contribution in [0, 0.1) is 0 Å². The summed E-state index contributed by atoms with van der Waals surface area (Å²) >= 11 is 0. The lowest BCUT2D eigenvalue weighted by Crippen LogP contribution is -2.41. The van der Waals surface area contributed by atoms with Crippen molar-refractivity contribution in [2.24, 2.45) is 0 Å². The molecule has 1 aromatic heterocycles. The van der Waals surface area contributed by atoms with Gasteiger partial charge >= 0.3 is 5.97 Å². The summed E-state index contributed by atoms with van der Waals surface area (Å²) < 4.78 is 4.83. The lowest BCUT2D eigenvalue weighted by atomic mass is 10.1. The van der Waals surface area contributed by atoms with Crippen molar-refractivity contribution in [1.82, 2.24) is 5.32 Å². The van der Waals surface area contributed by atoms with Gasteiger partial charge in [0.25, 0.3) is 0 Å². The van der Waals surface area contributed by atoms with Gasteiger partial charge in [-0.05, 0) is 12.1 Å². The van der Waals surface area contributed by atoms with Crippen LogP contribution in [0.2, 0.25) is 0 Å². The Morgan fingerprint density at radius 2 is 2.19 bits per heavy atom. The first kappa shape index (κ1) is 12.0. The third kappa shape index (κ3) is 3.23. The summed E-state index contributed by atoms with van der Waals surface area (Å²) in [4.78, 5) is 33.0. The molecule has 1 amide bonds. The summed E-state index contributed by atoms with van der Waals surface area (Å²) in [6, 6.07) is 1.74. The van der Waals surface area contributed by atoms with Gasteiger partial charge in [0.15, 0.2) is 5.76 Å². The maximum Gasteiger partial charge on any atom is 0.326 e. The van der Waals surface area contributed by atoms with Gasteiger partial charge < -0.3 is 14.8 Å². The van der Waals surface area contributed by atoms with E-state index in [1.165, 1.54) is 25.3 Å². The van der Waals surface area contributed by atoms with Crippen LogP contribution >= 0.6 is 0 Å². The van der Waals surface area contributed by atoms with E-state index in [2.05, 4.69) is 5.32 Å². The number of aliphatic carboxylic acids is 1. The molecule has 2 N–H and O–H groups in total. The quantitative estimate of drug-likeness (QED) is 0.709. The SMILES string of the molecule is CC(=O)NC(CC(=O)c1ccco1)C(=O)O. The van der Waals surface area contributed by atoms with Gasteiger partial charge in [-0.2, -0.15) is 0 Å². The first-order chi connectivity index (χ1) is 7.50. The van der Waals surface area contributed by atoms with Crippen LogP contribution in [0.1, 0.15) is 23.9 Å². The van der Waals surface area contributed by atoms with Gasteiger partial charge in [0.05, 0.1) is 6.26 Å². The molecule has 0 radical (unpaired) electrons. The van der Waals surface area contributed by atoms with E-state index in [9.17, 15) is 14.4 Å². The molecule has 16 heavy (non-hydrogen) atoms. The van der Waals surface area contributed by atoms with E-state index in [0.29, 0.717) is 0 Å². The molecule has 1 rings (SSSR count). The molecule has 0 saturated carbocycles. The standard InChI is InChI=1S/C10H11NO5/c1-6(12)11-7(10(14)15)5-8(13)9-3-2-4-16-9/h2-4,7H,5H2,1H3,(H,11,12)(H,14,15). The first-order valence-corrected chi connectivity index (χ1v) is 4.57. The lowest BCUT2D eigenvalue weighted by Gasteiger charge is -2.11. The summed E-state index contributed by atoms with van der Waals surface area (Å²) in [5, 5.41) is 10.9. The highest BCUT2D eigenvalue weighted by Gasteiger charge is 2.23. The predicted octanol–water partition coefficient (Wildman–Crippen LogP) is 0.442. The zero-order valence-electron chi connectivity index (χ0n) is 8.60. The minimum absolute atomic E-state index is 0.0802. The fourth-order valence-corrected chi connectivity index (χ4v) is 1.17. The largest absolute Gasteiger partial charge is 0.480 e. The number of Topliss-reactive ketones (excluding diaryl/α,β-unsaturated/α-hetero) is 1. The Morgan fingerprint density at radius 1 is 1.50 bits per heavy atom. The molecule has 0 saturated heterocycles. The molecule has 0 bridgehead atoms. The van der Waals surface area contributed by atoms with E-state index < -0.39 is 23.7 Å². The van der Waals surface area contributed by atoms with Gasteiger partial charge in [-0.1, -0.05) is 0 Å². The molecule has 6 nitrogen and oxygen atoms in total. The van der Waals surface area contributed by atoms with Crippen molar-refractivity contribution in [2.45, 2.75) is 19.4 Å². The number of carboxylic acids is 1. The van der Waals surface area contributed by atoms with E-state index in [1.54, 1.807) is 0 Å². The molecular formula is C10H11NO5. The highest BCUT2D eigenvalue weighted by molar-refractivity contribution is 5.97. The van der Waals surface area contributed by atoms with Crippen molar-refractivity contribution < 1.29 is 23.9 Å². The van der Waals surface area contributed by atoms with Crippen LogP contribution in [0.4, 0.5) is 0 Å². The molecule has 1 heterocycles. The fraction of sp³-hybridized carbons (Fsp3) is 0.300. The van der Waals surface area contributed by atoms with Crippen molar-refractivity contribution in [3.8, 4) is 0 Å². The van der Waals surface area contributed by atoms with Gasteiger partial charge in [-0.25, -0.2) is 4.79 Å². The van der Waals surface area contributed by atoms with Crippen LogP contribution in [-0.4, -0.2) is 28.8 Å². The average Bonchev–Trinajstić information content (AvgIpc) is 2.68. The Labute approximate surface area is 91.2 Å². The Bertz CT molecular complexity index is 395. The molecule has 6 heteroatoms. The number of ketones is 1. The van der Waals surface area contributed by atoms with Crippen molar-refractivity contribution in [2.75, 3.05) is 0 Å². The number of furan rings is 1. The molecule has 0 fully saturated rings. The van der Waals surface area contributed by atoms with Crippen molar-refractivity contribution in [3.63, 3.8) is 0 Å². The molecule has 0 aromatic carbocycles. The van der Waals surface area contributed by atoms with E-state index in [4.69, 9.17) is 9.52 Å². The Kier molecular flexibility index (Phi) is 3.82. The third-order valence-corrected chi connectivity index (χ3v) is 1.86. The summed E-state index contributed by atoms with van der Waals surface area (Å²) in [5.74, 6) is -2.14. The molecular weight excluding hydrogens is 214 g/mol. The molecule has 0 spiro atoms. The summed E-state index contributed by atoms with van der Waals surface area (Å²) in [7, 11) is 0. The lowest BCUT2D eigenvalue weighted by molar-refractivity contribution is -0.141. The van der Waals surface area contributed by atoms with E-state index in [1.807, 2.05) is 0 Å². The molecule has 86 valence electrons. The molecule has 1 aromatic rings. The van der Waals surface area contributed by atoms with Crippen LogP contribution in [-0.2, 0) is 9.59 Å². The number of rotatable bonds is 5. The van der Waals surface area contributed by atoms with E-state index in [0.717, 1.165) is 0 Å². The maximum atomic E-state index is 11.5. The fourth-order valence-electron chi connectivity index (χ4n) is 1.17. The Hall–Kier alpha value is -2.11. The van der Waals surface area contributed by atoms with Crippen molar-refractivity contribution in [3.05, 3.63) is 24.2 Å². The predicted molar refractivity (Wildman–Crippen MR) is 52.9 cm³/mol. The minimum Gasteiger partial charge on any atom is -0.480 e. The zero-order chi connectivity index (χ0) is 12.1. The van der Waals surface area contributed by atoms with Crippen molar-refractivity contribution in [1.29, 1.82) is 0 Å². The number of nitrogens with one attached hydrogen (secondary N) is 1. The first-order valence-electron chi connectivity index (χ1n) is 4.57. The van der Waals surface area contributed by atoms with Crippen LogP contribution in [0.15, 0.2) is 22.8 Å². The van der Waals surface area contributed by atoms with Gasteiger partial charge in [0.2, 0.25) is 11.7 Å². The number of hydrogen-bond donors (Lipinski definition) is 2. The minimum atomic E-state index is -1.25. The van der Waals surface area contributed by atoms with Gasteiger partial charge in [-0.15, -0.1) is 0 Å². The smallest absolute Gasteiger partial charge is 0.326 e. The molecule has 0 aliphatic carbocycles. The average molecular weight is 225 g/mol. The molecule has 0 aliphatic rings. The number of hydrogen-bond acceptors (Lipinski definition) is 4. The van der Waals surface area contributed by atoms with Gasteiger partial charge in [-0.3, -0.25) is 9.59 Å². The van der Waals surface area contributed by atoms with Crippen molar-refractivity contribution >= 4 is 17.7 Å². The maximum absolute atomic E-state index is 11.5. The second-order valence-electron chi connectivity index (χ2n) is 3.20. The normalized spacial score (nSPS) is 11.8. The van der Waals surface area contributed by atoms with E-state index in [-0.39, 0.29) is 12.2 Å². The molecule has 1 unspecified atom stereocenters. The van der Waals surface area contributed by atoms with Crippen LogP contribution in [0.3, 0.4) is 0 Å². The van der Waals surface area contributed by atoms with E-state index >= 15 is 0 Å². The number of carboxylic acid groups (broad SMARTS) is 1. The van der Waals surface area contributed by atoms with Gasteiger partial charge in [0, 0.05) is 13.3 Å². The summed E-state index contributed by atoms with van der Waals surface area (Å²) in [6.45, 7) is 1.19. The number of carbonyl (C=O) groups excluding carboxylic acids is 2. The van der Waals surface area contributed by atoms with Gasteiger partial charge in [0.1, 0.15) is 6.04 Å². The monoisotopic (exact) mass is 225 g/mol. The Balaban J connectivity index is 2.65. The summed E-state index contributed by atoms with van der Waals surface area (Å²) in [6.07, 6.45) is 0.990. The second-order valence-corrected chi connectivity index (χ2v) is 3.20. The zero-order valence-corrected chi connectivity index (χ0v) is 8.60. The topological polar surface area (TPSA) is 96.6 Å².